The van der Waals surface area contributed by atoms with Gasteiger partial charge in [-0.2, -0.15) is 0 Å². The van der Waals surface area contributed by atoms with Gasteiger partial charge >= 0.3 is 5.97 Å². The summed E-state index contributed by atoms with van der Waals surface area (Å²) in [4.78, 5) is 26.1. The lowest BCUT2D eigenvalue weighted by atomic mass is 10.1. The van der Waals surface area contributed by atoms with E-state index in [-0.39, 0.29) is 18.6 Å². The van der Waals surface area contributed by atoms with Crippen molar-refractivity contribution in [3.63, 3.8) is 0 Å². The van der Waals surface area contributed by atoms with Crippen molar-refractivity contribution in [1.29, 1.82) is 0 Å². The van der Waals surface area contributed by atoms with E-state index >= 15 is 0 Å². The summed E-state index contributed by atoms with van der Waals surface area (Å²) in [5, 5.41) is 2.87. The largest absolute Gasteiger partial charge is 0.465 e. The number of hydrogen-bond acceptors (Lipinski definition) is 4. The van der Waals surface area contributed by atoms with E-state index in [2.05, 4.69) is 5.32 Å². The molecule has 0 unspecified atom stereocenters. The summed E-state index contributed by atoms with van der Waals surface area (Å²) in [5.41, 5.74) is -0.718. The van der Waals surface area contributed by atoms with Crippen molar-refractivity contribution < 1.29 is 23.1 Å². The van der Waals surface area contributed by atoms with Gasteiger partial charge in [0.15, 0.2) is 0 Å². The van der Waals surface area contributed by atoms with Crippen molar-refractivity contribution in [1.82, 2.24) is 5.32 Å². The van der Waals surface area contributed by atoms with Gasteiger partial charge in [0.05, 0.1) is 12.3 Å². The lowest BCUT2D eigenvalue weighted by Crippen LogP contribution is -2.44. The van der Waals surface area contributed by atoms with E-state index < -0.39 is 23.0 Å². The second-order valence-electron chi connectivity index (χ2n) is 6.30. The van der Waals surface area contributed by atoms with Crippen LogP contribution in [0.4, 0.5) is 14.5 Å². The molecule has 1 aromatic carbocycles. The average Bonchev–Trinajstić information content (AvgIpc) is 3.23. The zero-order chi connectivity index (χ0) is 17.3. The van der Waals surface area contributed by atoms with Gasteiger partial charge in [0.1, 0.15) is 17.0 Å². The van der Waals surface area contributed by atoms with Crippen LogP contribution in [0.3, 0.4) is 0 Å². The standard InChI is InChI=1S/C17H20F2N2O3/c1-2-24-16(23)17(6-7-17)15(22)20-12-5-8-21(10-12)14-4-3-11(18)9-13(14)19/h3-4,9,12H,2,5-8,10H2,1H3,(H,20,22)/t12-/m0/s1. The molecular formula is C17H20F2N2O3. The van der Waals surface area contributed by atoms with E-state index in [1.54, 1.807) is 11.8 Å². The fraction of sp³-hybridized carbons (Fsp3) is 0.529. The van der Waals surface area contributed by atoms with Gasteiger partial charge in [0, 0.05) is 25.2 Å². The van der Waals surface area contributed by atoms with Crippen LogP contribution in [0.2, 0.25) is 0 Å². The number of halogens is 2. The van der Waals surface area contributed by atoms with Crippen LogP contribution in [0.15, 0.2) is 18.2 Å². The molecule has 2 aliphatic rings. The summed E-state index contributed by atoms with van der Waals surface area (Å²) in [7, 11) is 0. The van der Waals surface area contributed by atoms with E-state index in [0.717, 1.165) is 6.07 Å². The van der Waals surface area contributed by atoms with Crippen LogP contribution in [0, 0.1) is 17.0 Å². The summed E-state index contributed by atoms with van der Waals surface area (Å²) in [6.07, 6.45) is 1.64. The quantitative estimate of drug-likeness (QED) is 0.659. The highest BCUT2D eigenvalue weighted by atomic mass is 19.1. The zero-order valence-electron chi connectivity index (χ0n) is 13.5. The van der Waals surface area contributed by atoms with Gasteiger partial charge in [-0.25, -0.2) is 8.78 Å². The molecule has 24 heavy (non-hydrogen) atoms. The highest BCUT2D eigenvalue weighted by molar-refractivity contribution is 6.05. The molecule has 2 fully saturated rings. The predicted molar refractivity (Wildman–Crippen MR) is 83.4 cm³/mol. The Morgan fingerprint density at radius 1 is 1.38 bits per heavy atom. The molecule has 3 rings (SSSR count). The lowest BCUT2D eigenvalue weighted by molar-refractivity contribution is -0.154. The Bertz CT molecular complexity index is 661. The number of carbonyl (C=O) groups excluding carboxylic acids is 2. The minimum absolute atomic E-state index is 0.172. The molecule has 0 spiro atoms. The maximum Gasteiger partial charge on any atom is 0.321 e. The molecular weight excluding hydrogens is 318 g/mol. The molecule has 0 aromatic heterocycles. The molecule has 1 N–H and O–H groups in total. The number of carbonyl (C=O) groups is 2. The Labute approximate surface area is 139 Å². The first-order chi connectivity index (χ1) is 11.5. The molecule has 1 aliphatic carbocycles. The number of anilines is 1. The highest BCUT2D eigenvalue weighted by Gasteiger charge is 2.58. The van der Waals surface area contributed by atoms with Crippen molar-refractivity contribution in [3.05, 3.63) is 29.8 Å². The third-order valence-corrected chi connectivity index (χ3v) is 4.62. The Balaban J connectivity index is 1.60. The molecule has 1 atom stereocenters. The fourth-order valence-electron chi connectivity index (χ4n) is 3.08. The number of amides is 1. The van der Waals surface area contributed by atoms with Crippen LogP contribution in [0.1, 0.15) is 26.2 Å². The third kappa shape index (κ3) is 3.07. The molecule has 1 amide bonds. The highest BCUT2D eigenvalue weighted by Crippen LogP contribution is 2.47. The van der Waals surface area contributed by atoms with Gasteiger partial charge in [-0.05, 0) is 38.3 Å². The molecule has 0 bridgehead atoms. The van der Waals surface area contributed by atoms with Crippen LogP contribution < -0.4 is 10.2 Å². The van der Waals surface area contributed by atoms with E-state index in [4.69, 9.17) is 4.74 Å². The number of esters is 1. The maximum absolute atomic E-state index is 13.9. The Hall–Kier alpha value is -2.18. The van der Waals surface area contributed by atoms with Gasteiger partial charge in [-0.1, -0.05) is 0 Å². The number of benzene rings is 1. The number of hydrogen-bond donors (Lipinski definition) is 1. The van der Waals surface area contributed by atoms with Crippen LogP contribution in [-0.2, 0) is 14.3 Å². The normalized spacial score (nSPS) is 21.5. The van der Waals surface area contributed by atoms with E-state index in [1.807, 2.05) is 0 Å². The molecule has 7 heteroatoms. The molecule has 130 valence electrons. The minimum atomic E-state index is -1.04. The first-order valence-corrected chi connectivity index (χ1v) is 8.14. The second kappa shape index (κ2) is 6.37. The molecule has 1 saturated heterocycles. The van der Waals surface area contributed by atoms with Crippen molar-refractivity contribution in [3.8, 4) is 0 Å². The lowest BCUT2D eigenvalue weighted by Gasteiger charge is -2.21. The van der Waals surface area contributed by atoms with Crippen molar-refractivity contribution >= 4 is 17.6 Å². The molecule has 5 nitrogen and oxygen atoms in total. The average molecular weight is 338 g/mol. The first kappa shape index (κ1) is 16.7. The maximum atomic E-state index is 13.9. The number of nitrogens with zero attached hydrogens (tertiary/aromatic N) is 1. The number of nitrogens with one attached hydrogen (secondary N) is 1. The Morgan fingerprint density at radius 3 is 2.75 bits per heavy atom. The first-order valence-electron chi connectivity index (χ1n) is 8.14. The van der Waals surface area contributed by atoms with Gasteiger partial charge in [0.2, 0.25) is 5.91 Å². The van der Waals surface area contributed by atoms with Gasteiger partial charge in [-0.3, -0.25) is 9.59 Å². The van der Waals surface area contributed by atoms with Crippen molar-refractivity contribution in [2.45, 2.75) is 32.2 Å². The van der Waals surface area contributed by atoms with Crippen LogP contribution in [0.5, 0.6) is 0 Å². The van der Waals surface area contributed by atoms with Crippen molar-refractivity contribution in [2.24, 2.45) is 5.41 Å². The summed E-state index contributed by atoms with van der Waals surface area (Å²) in [6, 6.07) is 3.29. The minimum Gasteiger partial charge on any atom is -0.465 e. The summed E-state index contributed by atoms with van der Waals surface area (Å²) in [5.74, 6) is -2.02. The molecule has 1 aliphatic heterocycles. The van der Waals surface area contributed by atoms with E-state index in [9.17, 15) is 18.4 Å². The summed E-state index contributed by atoms with van der Waals surface area (Å²) in [6.45, 7) is 2.93. The topological polar surface area (TPSA) is 58.6 Å². The van der Waals surface area contributed by atoms with E-state index in [1.165, 1.54) is 12.1 Å². The fourth-order valence-corrected chi connectivity index (χ4v) is 3.08. The third-order valence-electron chi connectivity index (χ3n) is 4.62. The molecule has 0 radical (unpaired) electrons. The SMILES string of the molecule is CCOC(=O)C1(C(=O)N[C@H]2CCN(c3ccc(F)cc3F)C2)CC1. The summed E-state index contributed by atoms with van der Waals surface area (Å²) < 4.78 is 31.8. The monoisotopic (exact) mass is 338 g/mol. The zero-order valence-corrected chi connectivity index (χ0v) is 13.5. The second-order valence-corrected chi connectivity index (χ2v) is 6.30. The number of ether oxygens (including phenoxy) is 1. The predicted octanol–water partition coefficient (Wildman–Crippen LogP) is 2.00. The molecule has 1 aromatic rings. The Morgan fingerprint density at radius 2 is 2.12 bits per heavy atom. The van der Waals surface area contributed by atoms with Gasteiger partial charge in [-0.15, -0.1) is 0 Å². The van der Waals surface area contributed by atoms with E-state index in [0.29, 0.717) is 38.0 Å². The number of rotatable bonds is 5. The summed E-state index contributed by atoms with van der Waals surface area (Å²) >= 11 is 0. The Kier molecular flexibility index (Phi) is 4.43. The van der Waals surface area contributed by atoms with Crippen LogP contribution in [0.25, 0.3) is 0 Å². The van der Waals surface area contributed by atoms with Crippen LogP contribution >= 0.6 is 0 Å². The van der Waals surface area contributed by atoms with Crippen LogP contribution in [-0.4, -0.2) is 37.6 Å². The van der Waals surface area contributed by atoms with Crippen molar-refractivity contribution in [2.75, 3.05) is 24.6 Å². The molecule has 1 heterocycles. The van der Waals surface area contributed by atoms with Gasteiger partial charge < -0.3 is 15.0 Å². The van der Waals surface area contributed by atoms with Gasteiger partial charge in [0.25, 0.3) is 0 Å². The smallest absolute Gasteiger partial charge is 0.321 e. The molecule has 1 saturated carbocycles.